The van der Waals surface area contributed by atoms with Crippen molar-refractivity contribution in [2.75, 3.05) is 26.2 Å². The molecule has 1 saturated heterocycles. The van der Waals surface area contributed by atoms with Crippen molar-refractivity contribution in [3.05, 3.63) is 35.9 Å². The Morgan fingerprint density at radius 1 is 1.00 bits per heavy atom. The van der Waals surface area contributed by atoms with Crippen LogP contribution >= 0.6 is 0 Å². The number of carbonyl (C=O) groups is 2. The molecule has 1 aliphatic heterocycles. The molecular weight excluding hydrogens is 327 g/mol. The Bertz CT molecular complexity index is 793. The van der Waals surface area contributed by atoms with E-state index in [1.165, 1.54) is 29.1 Å². The maximum Gasteiger partial charge on any atom is 0.295 e. The summed E-state index contributed by atoms with van der Waals surface area (Å²) < 4.78 is 13.0. The van der Waals surface area contributed by atoms with Crippen molar-refractivity contribution in [1.29, 1.82) is 0 Å². The van der Waals surface area contributed by atoms with Gasteiger partial charge in [0.1, 0.15) is 5.82 Å². The molecule has 0 atom stereocenters. The van der Waals surface area contributed by atoms with Gasteiger partial charge in [-0.3, -0.25) is 9.59 Å². The molecule has 0 bridgehead atoms. The molecule has 0 spiro atoms. The van der Waals surface area contributed by atoms with Crippen molar-refractivity contribution in [2.45, 2.75) is 12.8 Å². The fraction of sp³-hybridized carbons (Fsp3) is 0.438. The van der Waals surface area contributed by atoms with Gasteiger partial charge in [-0.15, -0.1) is 15.0 Å². The summed E-state index contributed by atoms with van der Waals surface area (Å²) in [6, 6.07) is 5.59. The number of amides is 2. The first kappa shape index (κ1) is 15.7. The minimum absolute atomic E-state index is 0.00806. The molecule has 0 radical (unpaired) electrons. The molecule has 1 aromatic carbocycles. The fourth-order valence-corrected chi connectivity index (χ4v) is 2.84. The van der Waals surface area contributed by atoms with E-state index in [4.69, 9.17) is 0 Å². The predicted octanol–water partition coefficient (Wildman–Crippen LogP) is 0.496. The third-order valence-electron chi connectivity index (χ3n) is 4.47. The summed E-state index contributed by atoms with van der Waals surface area (Å²) in [5.74, 6) is -0.288. The van der Waals surface area contributed by atoms with Crippen molar-refractivity contribution in [3.8, 4) is 5.69 Å². The first-order valence-corrected chi connectivity index (χ1v) is 8.26. The van der Waals surface area contributed by atoms with E-state index >= 15 is 0 Å². The molecule has 9 heteroatoms. The fourth-order valence-electron chi connectivity index (χ4n) is 2.84. The average Bonchev–Trinajstić information content (AvgIpc) is 3.38. The van der Waals surface area contributed by atoms with Crippen LogP contribution in [0.4, 0.5) is 4.39 Å². The van der Waals surface area contributed by atoms with E-state index in [0.29, 0.717) is 31.9 Å². The molecule has 0 N–H and O–H groups in total. The van der Waals surface area contributed by atoms with Crippen LogP contribution in [0, 0.1) is 11.7 Å². The molecule has 2 fully saturated rings. The molecule has 2 heterocycles. The van der Waals surface area contributed by atoms with Crippen molar-refractivity contribution in [2.24, 2.45) is 5.92 Å². The molecule has 0 unspecified atom stereocenters. The molecule has 1 saturated carbocycles. The number of halogens is 1. The Morgan fingerprint density at radius 3 is 2.28 bits per heavy atom. The van der Waals surface area contributed by atoms with Gasteiger partial charge < -0.3 is 9.80 Å². The Balaban J connectivity index is 1.40. The van der Waals surface area contributed by atoms with E-state index in [0.717, 1.165) is 12.8 Å². The number of rotatable bonds is 3. The number of tetrazole rings is 1. The number of benzene rings is 1. The monoisotopic (exact) mass is 344 g/mol. The van der Waals surface area contributed by atoms with E-state index in [-0.39, 0.29) is 29.4 Å². The van der Waals surface area contributed by atoms with Crippen LogP contribution in [0.15, 0.2) is 24.3 Å². The van der Waals surface area contributed by atoms with E-state index < -0.39 is 0 Å². The van der Waals surface area contributed by atoms with Gasteiger partial charge in [0.25, 0.3) is 11.7 Å². The third-order valence-corrected chi connectivity index (χ3v) is 4.47. The van der Waals surface area contributed by atoms with Gasteiger partial charge in [-0.1, -0.05) is 0 Å². The Hall–Kier alpha value is -2.84. The van der Waals surface area contributed by atoms with Gasteiger partial charge in [0.2, 0.25) is 5.91 Å². The van der Waals surface area contributed by atoms with Gasteiger partial charge in [0, 0.05) is 32.1 Å². The molecule has 8 nitrogen and oxygen atoms in total. The smallest absolute Gasteiger partial charge is 0.295 e. The summed E-state index contributed by atoms with van der Waals surface area (Å²) >= 11 is 0. The normalized spacial score (nSPS) is 17.6. The standard InChI is InChI=1S/C16H17FN6O2/c17-12-3-5-13(6-4-12)23-19-14(18-20-23)16(25)22-9-7-21(8-10-22)15(24)11-1-2-11/h3-6,11H,1-2,7-10H2. The van der Waals surface area contributed by atoms with E-state index in [9.17, 15) is 14.0 Å². The predicted molar refractivity (Wildman–Crippen MR) is 84.3 cm³/mol. The minimum Gasteiger partial charge on any atom is -0.339 e. The molecular formula is C16H17FN6O2. The van der Waals surface area contributed by atoms with Crippen molar-refractivity contribution < 1.29 is 14.0 Å². The topological polar surface area (TPSA) is 84.2 Å². The van der Waals surface area contributed by atoms with Crippen LogP contribution in [0.3, 0.4) is 0 Å². The largest absolute Gasteiger partial charge is 0.339 e. The summed E-state index contributed by atoms with van der Waals surface area (Å²) in [5.41, 5.74) is 0.521. The Labute approximate surface area is 143 Å². The van der Waals surface area contributed by atoms with Crippen LogP contribution in [0.5, 0.6) is 0 Å². The van der Waals surface area contributed by atoms with Crippen LogP contribution < -0.4 is 0 Å². The summed E-state index contributed by atoms with van der Waals surface area (Å²) in [6.45, 7) is 1.99. The first-order chi connectivity index (χ1) is 12.1. The lowest BCUT2D eigenvalue weighted by Gasteiger charge is -2.34. The zero-order valence-electron chi connectivity index (χ0n) is 13.5. The second kappa shape index (κ2) is 6.23. The Morgan fingerprint density at radius 2 is 1.64 bits per heavy atom. The molecule has 2 amide bonds. The molecule has 4 rings (SSSR count). The van der Waals surface area contributed by atoms with Gasteiger partial charge >= 0.3 is 0 Å². The highest BCUT2D eigenvalue weighted by Gasteiger charge is 2.35. The van der Waals surface area contributed by atoms with Gasteiger partial charge in [0.15, 0.2) is 0 Å². The average molecular weight is 344 g/mol. The van der Waals surface area contributed by atoms with Crippen LogP contribution in [0.1, 0.15) is 23.5 Å². The SMILES string of the molecule is O=C(c1nnn(-c2ccc(F)cc2)n1)N1CCN(C(=O)C2CC2)CC1. The first-order valence-electron chi connectivity index (χ1n) is 8.26. The quantitative estimate of drug-likeness (QED) is 0.809. The number of carbonyl (C=O) groups excluding carboxylic acids is 2. The highest BCUT2D eigenvalue weighted by molar-refractivity contribution is 5.90. The lowest BCUT2D eigenvalue weighted by atomic mass is 10.2. The number of aromatic nitrogens is 4. The van der Waals surface area contributed by atoms with Crippen LogP contribution in [-0.4, -0.2) is 68.0 Å². The molecule has 25 heavy (non-hydrogen) atoms. The minimum atomic E-state index is -0.362. The third kappa shape index (κ3) is 3.21. The Kier molecular flexibility index (Phi) is 3.90. The van der Waals surface area contributed by atoms with Crippen LogP contribution in [0.2, 0.25) is 0 Å². The zero-order chi connectivity index (χ0) is 17.4. The highest BCUT2D eigenvalue weighted by Crippen LogP contribution is 2.31. The number of nitrogens with zero attached hydrogens (tertiary/aromatic N) is 6. The summed E-state index contributed by atoms with van der Waals surface area (Å²) in [4.78, 5) is 29.2. The maximum atomic E-state index is 13.0. The molecule has 1 aromatic heterocycles. The van der Waals surface area contributed by atoms with Gasteiger partial charge in [-0.2, -0.15) is 0 Å². The lowest BCUT2D eigenvalue weighted by molar-refractivity contribution is -0.134. The zero-order valence-corrected chi connectivity index (χ0v) is 13.5. The molecule has 1 aliphatic carbocycles. The summed E-state index contributed by atoms with van der Waals surface area (Å²) in [7, 11) is 0. The van der Waals surface area contributed by atoms with Crippen molar-refractivity contribution in [3.63, 3.8) is 0 Å². The summed E-state index contributed by atoms with van der Waals surface area (Å²) in [5, 5.41) is 11.7. The molecule has 2 aliphatic rings. The second-order valence-electron chi connectivity index (χ2n) is 6.27. The van der Waals surface area contributed by atoms with Crippen molar-refractivity contribution >= 4 is 11.8 Å². The number of hydrogen-bond donors (Lipinski definition) is 0. The summed E-state index contributed by atoms with van der Waals surface area (Å²) in [6.07, 6.45) is 1.96. The van der Waals surface area contributed by atoms with Gasteiger partial charge in [0.05, 0.1) is 5.69 Å². The van der Waals surface area contributed by atoms with Gasteiger partial charge in [-0.05, 0) is 42.3 Å². The van der Waals surface area contributed by atoms with Crippen LogP contribution in [0.25, 0.3) is 5.69 Å². The number of piperazine rings is 1. The molecule has 130 valence electrons. The highest BCUT2D eigenvalue weighted by atomic mass is 19.1. The second-order valence-corrected chi connectivity index (χ2v) is 6.27. The van der Waals surface area contributed by atoms with Gasteiger partial charge in [-0.25, -0.2) is 4.39 Å². The van der Waals surface area contributed by atoms with E-state index in [2.05, 4.69) is 15.4 Å². The van der Waals surface area contributed by atoms with Crippen molar-refractivity contribution in [1.82, 2.24) is 30.0 Å². The van der Waals surface area contributed by atoms with E-state index in [1.54, 1.807) is 4.90 Å². The lowest BCUT2D eigenvalue weighted by Crippen LogP contribution is -2.51. The van der Waals surface area contributed by atoms with Crippen LogP contribution in [-0.2, 0) is 4.79 Å². The maximum absolute atomic E-state index is 13.0. The number of hydrogen-bond acceptors (Lipinski definition) is 5. The molecule has 2 aromatic rings. The van der Waals surface area contributed by atoms with E-state index in [1.807, 2.05) is 4.90 Å².